The third kappa shape index (κ3) is 4.76. The quantitative estimate of drug-likeness (QED) is 0.263. The van der Waals surface area contributed by atoms with Crippen LogP contribution in [0.15, 0.2) is 34.3 Å². The molecule has 0 atom stereocenters. The molecule has 0 radical (unpaired) electrons. The fourth-order valence-electron chi connectivity index (χ4n) is 1.44. The van der Waals surface area contributed by atoms with Crippen LogP contribution >= 0.6 is 11.8 Å². The molecule has 106 valence electrons. The summed E-state index contributed by atoms with van der Waals surface area (Å²) in [5.74, 6) is 1.53. The number of oxime groups is 1. The minimum Gasteiger partial charge on any atom is -0.409 e. The van der Waals surface area contributed by atoms with E-state index in [0.717, 1.165) is 12.2 Å². The van der Waals surface area contributed by atoms with E-state index in [2.05, 4.69) is 12.1 Å². The molecule has 0 aromatic heterocycles. The number of benzene rings is 1. The first kappa shape index (κ1) is 15.8. The third-order valence-electron chi connectivity index (χ3n) is 2.44. The van der Waals surface area contributed by atoms with Crippen LogP contribution in [0.3, 0.4) is 0 Å². The van der Waals surface area contributed by atoms with Crippen LogP contribution in [0, 0.1) is 0 Å². The molecule has 0 aliphatic carbocycles. The van der Waals surface area contributed by atoms with Crippen LogP contribution in [0.1, 0.15) is 18.9 Å². The van der Waals surface area contributed by atoms with Crippen molar-refractivity contribution in [1.29, 1.82) is 0 Å². The number of amidine groups is 1. The molecule has 0 aliphatic heterocycles. The van der Waals surface area contributed by atoms with Crippen LogP contribution in [-0.2, 0) is 9.84 Å². The number of thioether (sulfide) groups is 1. The molecule has 5 nitrogen and oxygen atoms in total. The van der Waals surface area contributed by atoms with Crippen molar-refractivity contribution in [2.45, 2.75) is 18.2 Å². The highest BCUT2D eigenvalue weighted by molar-refractivity contribution is 8.00. The van der Waals surface area contributed by atoms with Gasteiger partial charge in [-0.25, -0.2) is 8.42 Å². The molecule has 7 heteroatoms. The number of sulfone groups is 1. The Hall–Kier alpha value is -1.21. The summed E-state index contributed by atoms with van der Waals surface area (Å²) < 4.78 is 24.2. The van der Waals surface area contributed by atoms with E-state index in [9.17, 15) is 8.42 Å². The Bertz CT molecular complexity index is 542. The van der Waals surface area contributed by atoms with Crippen LogP contribution in [0.5, 0.6) is 0 Å². The van der Waals surface area contributed by atoms with E-state index in [1.165, 1.54) is 12.1 Å². The summed E-state index contributed by atoms with van der Waals surface area (Å²) in [6.45, 7) is 2.06. The van der Waals surface area contributed by atoms with Crippen LogP contribution in [0.25, 0.3) is 0 Å². The molecule has 0 bridgehead atoms. The summed E-state index contributed by atoms with van der Waals surface area (Å²) >= 11 is 1.62. The van der Waals surface area contributed by atoms with E-state index >= 15 is 0 Å². The van der Waals surface area contributed by atoms with Gasteiger partial charge in [0, 0.05) is 11.3 Å². The van der Waals surface area contributed by atoms with Gasteiger partial charge in [-0.05, 0) is 24.3 Å². The maximum Gasteiger partial charge on any atom is 0.179 e. The highest BCUT2D eigenvalue weighted by Gasteiger charge is 2.15. The van der Waals surface area contributed by atoms with E-state index in [1.807, 2.05) is 0 Å². The van der Waals surface area contributed by atoms with Gasteiger partial charge in [0.1, 0.15) is 0 Å². The summed E-state index contributed by atoms with van der Waals surface area (Å²) in [6, 6.07) is 6.13. The Morgan fingerprint density at radius 3 is 2.79 bits per heavy atom. The van der Waals surface area contributed by atoms with Gasteiger partial charge in [0.25, 0.3) is 0 Å². The predicted molar refractivity (Wildman–Crippen MR) is 78.6 cm³/mol. The first-order chi connectivity index (χ1) is 9.01. The minimum atomic E-state index is -3.32. The fourth-order valence-corrected chi connectivity index (χ4v) is 4.11. The van der Waals surface area contributed by atoms with Crippen LogP contribution < -0.4 is 5.73 Å². The van der Waals surface area contributed by atoms with Crippen molar-refractivity contribution in [1.82, 2.24) is 0 Å². The predicted octanol–water partition coefficient (Wildman–Crippen LogP) is 1.70. The smallest absolute Gasteiger partial charge is 0.179 e. The maximum atomic E-state index is 12.1. The standard InChI is InChI=1S/C12H18N2O3S2/c1-2-6-18-7-8-19(16,17)11-5-3-4-10(9-11)12(13)14-15/h3-5,9,15H,2,6-8H2,1H3,(H2,13,14). The Kier molecular flexibility index (Phi) is 6.17. The normalized spacial score (nSPS) is 12.6. The van der Waals surface area contributed by atoms with Gasteiger partial charge in [-0.2, -0.15) is 11.8 Å². The lowest BCUT2D eigenvalue weighted by molar-refractivity contribution is 0.318. The number of nitrogens with zero attached hydrogens (tertiary/aromatic N) is 1. The highest BCUT2D eigenvalue weighted by Crippen LogP contribution is 2.15. The van der Waals surface area contributed by atoms with Gasteiger partial charge in [0.2, 0.25) is 0 Å². The van der Waals surface area contributed by atoms with E-state index in [1.54, 1.807) is 23.9 Å². The van der Waals surface area contributed by atoms with Gasteiger partial charge in [-0.3, -0.25) is 0 Å². The first-order valence-corrected chi connectivity index (χ1v) is 8.70. The van der Waals surface area contributed by atoms with E-state index in [-0.39, 0.29) is 16.5 Å². The number of rotatable bonds is 7. The average molecular weight is 302 g/mol. The van der Waals surface area contributed by atoms with Crippen LogP contribution in [0.2, 0.25) is 0 Å². The summed E-state index contributed by atoms with van der Waals surface area (Å²) in [6.07, 6.45) is 1.03. The Morgan fingerprint density at radius 2 is 2.16 bits per heavy atom. The Balaban J connectivity index is 2.84. The second-order valence-electron chi connectivity index (χ2n) is 3.94. The van der Waals surface area contributed by atoms with Crippen molar-refractivity contribution in [2.75, 3.05) is 17.3 Å². The zero-order chi connectivity index (χ0) is 14.3. The monoisotopic (exact) mass is 302 g/mol. The molecule has 0 fully saturated rings. The zero-order valence-corrected chi connectivity index (χ0v) is 12.4. The molecule has 1 aromatic rings. The lowest BCUT2D eigenvalue weighted by Gasteiger charge is -2.06. The molecule has 0 spiro atoms. The van der Waals surface area contributed by atoms with Crippen molar-refractivity contribution in [3.63, 3.8) is 0 Å². The topological polar surface area (TPSA) is 92.8 Å². The molecule has 0 heterocycles. The van der Waals surface area contributed by atoms with E-state index in [4.69, 9.17) is 10.9 Å². The molecule has 1 rings (SSSR count). The number of hydrogen-bond donors (Lipinski definition) is 2. The van der Waals surface area contributed by atoms with Gasteiger partial charge in [-0.1, -0.05) is 24.2 Å². The van der Waals surface area contributed by atoms with Crippen LogP contribution in [0.4, 0.5) is 0 Å². The summed E-state index contributed by atoms with van der Waals surface area (Å²) in [4.78, 5) is 0.202. The van der Waals surface area contributed by atoms with Gasteiger partial charge in [0.05, 0.1) is 10.6 Å². The SMILES string of the molecule is CCCSCCS(=O)(=O)c1cccc(/C(N)=N/O)c1. The van der Waals surface area contributed by atoms with Gasteiger partial charge in [-0.15, -0.1) is 0 Å². The van der Waals surface area contributed by atoms with Crippen molar-refractivity contribution in [3.05, 3.63) is 29.8 Å². The molecule has 1 aromatic carbocycles. The summed E-state index contributed by atoms with van der Waals surface area (Å²) in [5, 5.41) is 11.5. The molecule has 0 saturated heterocycles. The van der Waals surface area contributed by atoms with Crippen LogP contribution in [-0.4, -0.2) is 36.7 Å². The largest absolute Gasteiger partial charge is 0.409 e. The Labute approximate surface area is 117 Å². The molecule has 0 amide bonds. The van der Waals surface area contributed by atoms with E-state index < -0.39 is 9.84 Å². The molecular formula is C12H18N2O3S2. The van der Waals surface area contributed by atoms with Crippen molar-refractivity contribution >= 4 is 27.4 Å². The molecule has 19 heavy (non-hydrogen) atoms. The average Bonchev–Trinajstić information content (AvgIpc) is 2.43. The summed E-state index contributed by atoms with van der Waals surface area (Å²) in [7, 11) is -3.32. The minimum absolute atomic E-state index is 0.0945. The molecule has 0 aliphatic rings. The second kappa shape index (κ2) is 7.40. The first-order valence-electron chi connectivity index (χ1n) is 5.89. The highest BCUT2D eigenvalue weighted by atomic mass is 32.2. The lowest BCUT2D eigenvalue weighted by atomic mass is 10.2. The molecular weight excluding hydrogens is 284 g/mol. The van der Waals surface area contributed by atoms with E-state index in [0.29, 0.717) is 11.3 Å². The van der Waals surface area contributed by atoms with Gasteiger partial charge < -0.3 is 10.9 Å². The second-order valence-corrected chi connectivity index (χ2v) is 7.28. The van der Waals surface area contributed by atoms with Crippen molar-refractivity contribution in [2.24, 2.45) is 10.9 Å². The Morgan fingerprint density at radius 1 is 1.42 bits per heavy atom. The lowest BCUT2D eigenvalue weighted by Crippen LogP contribution is -2.15. The fraction of sp³-hybridized carbons (Fsp3) is 0.417. The number of hydrogen-bond acceptors (Lipinski definition) is 5. The number of nitrogens with two attached hydrogens (primary N) is 1. The molecule has 0 unspecified atom stereocenters. The maximum absolute atomic E-state index is 12.1. The van der Waals surface area contributed by atoms with Crippen molar-refractivity contribution < 1.29 is 13.6 Å². The van der Waals surface area contributed by atoms with Gasteiger partial charge in [0.15, 0.2) is 15.7 Å². The molecule has 0 saturated carbocycles. The zero-order valence-electron chi connectivity index (χ0n) is 10.7. The van der Waals surface area contributed by atoms with Crippen molar-refractivity contribution in [3.8, 4) is 0 Å². The summed E-state index contributed by atoms with van der Waals surface area (Å²) in [5.41, 5.74) is 5.84. The molecule has 3 N–H and O–H groups in total. The van der Waals surface area contributed by atoms with Gasteiger partial charge >= 0.3 is 0 Å². The third-order valence-corrected chi connectivity index (χ3v) is 5.60.